The van der Waals surface area contributed by atoms with Crippen LogP contribution in [0.15, 0.2) is 47.5 Å². The maximum absolute atomic E-state index is 11.0. The largest absolute Gasteiger partial charge is 0.429 e. The summed E-state index contributed by atoms with van der Waals surface area (Å²) in [4.78, 5) is 18.7. The molecule has 0 aliphatic heterocycles. The van der Waals surface area contributed by atoms with Crippen molar-refractivity contribution in [2.24, 2.45) is 0 Å². The van der Waals surface area contributed by atoms with Gasteiger partial charge in [-0.2, -0.15) is 0 Å². The van der Waals surface area contributed by atoms with Crippen molar-refractivity contribution in [2.45, 2.75) is 0 Å². The van der Waals surface area contributed by atoms with E-state index in [9.17, 15) is 10.1 Å². The fourth-order valence-electron chi connectivity index (χ4n) is 1.74. The fraction of sp³-hybridized carbons (Fsp3) is 0. The van der Waals surface area contributed by atoms with Gasteiger partial charge in [-0.1, -0.05) is 12.1 Å². The summed E-state index contributed by atoms with van der Waals surface area (Å²) in [5, 5.41) is 11.0. The second-order valence-corrected chi connectivity index (χ2v) is 4.67. The smallest absolute Gasteiger partial charge is 0.311 e. The first-order valence-electron chi connectivity index (χ1n) is 5.55. The molecule has 0 N–H and O–H groups in total. The van der Waals surface area contributed by atoms with Gasteiger partial charge < -0.3 is 4.74 Å². The summed E-state index contributed by atoms with van der Waals surface area (Å²) in [6.45, 7) is 0. The molecule has 0 aliphatic carbocycles. The average molecular weight is 335 g/mol. The van der Waals surface area contributed by atoms with Crippen molar-refractivity contribution in [3.8, 4) is 11.6 Å². The number of nitro benzene ring substituents is 1. The molecule has 3 aromatic rings. The zero-order valence-electron chi connectivity index (χ0n) is 9.93. The van der Waals surface area contributed by atoms with Crippen molar-refractivity contribution < 1.29 is 9.66 Å². The van der Waals surface area contributed by atoms with Gasteiger partial charge in [0.1, 0.15) is 4.60 Å². The maximum Gasteiger partial charge on any atom is 0.311 e. The normalized spacial score (nSPS) is 10.7. The molecule has 0 fully saturated rings. The van der Waals surface area contributed by atoms with Crippen LogP contribution >= 0.6 is 15.9 Å². The topological polar surface area (TPSA) is 82.6 Å². The highest BCUT2D eigenvalue weighted by Crippen LogP contribution is 2.32. The molecule has 0 spiro atoms. The Labute approximate surface area is 121 Å². The fourth-order valence-corrected chi connectivity index (χ4v) is 2.12. The molecule has 2 aromatic heterocycles. The minimum absolute atomic E-state index is 0.119. The molecule has 0 unspecified atom stereocenters. The van der Waals surface area contributed by atoms with Crippen LogP contribution in [0, 0.1) is 10.1 Å². The highest BCUT2D eigenvalue weighted by Gasteiger charge is 2.17. The predicted octanol–water partition coefficient (Wildman–Crippen LogP) is 3.19. The van der Waals surface area contributed by atoms with Crippen molar-refractivity contribution in [1.82, 2.24) is 14.4 Å². The highest BCUT2D eigenvalue weighted by atomic mass is 79.9. The minimum atomic E-state index is -0.504. The van der Waals surface area contributed by atoms with E-state index < -0.39 is 4.92 Å². The molecule has 1 aromatic carbocycles. The van der Waals surface area contributed by atoms with Crippen LogP contribution in [0.5, 0.6) is 11.6 Å². The molecule has 8 heteroatoms. The number of hydrogen-bond donors (Lipinski definition) is 0. The van der Waals surface area contributed by atoms with Gasteiger partial charge in [-0.25, -0.2) is 9.97 Å². The van der Waals surface area contributed by atoms with E-state index in [2.05, 4.69) is 25.9 Å². The van der Waals surface area contributed by atoms with Crippen LogP contribution in [0.1, 0.15) is 0 Å². The van der Waals surface area contributed by atoms with E-state index in [4.69, 9.17) is 4.74 Å². The molecule has 0 atom stereocenters. The van der Waals surface area contributed by atoms with Crippen molar-refractivity contribution in [2.75, 3.05) is 0 Å². The summed E-state index contributed by atoms with van der Waals surface area (Å²) in [5.41, 5.74) is 0.352. The number of rotatable bonds is 3. The average Bonchev–Trinajstić information content (AvgIpc) is 2.87. The molecular formula is C12H7BrN4O3. The molecule has 100 valence electrons. The van der Waals surface area contributed by atoms with Crippen LogP contribution in [0.25, 0.3) is 5.65 Å². The van der Waals surface area contributed by atoms with Gasteiger partial charge in [0, 0.05) is 24.7 Å². The SMILES string of the molecule is O=[N+]([O-])c1ccccc1Oc1nc(Br)cn2ccnc12. The van der Waals surface area contributed by atoms with Crippen LogP contribution in [0.2, 0.25) is 0 Å². The van der Waals surface area contributed by atoms with E-state index in [1.165, 1.54) is 12.1 Å². The summed E-state index contributed by atoms with van der Waals surface area (Å²) in [5.74, 6) is 0.312. The zero-order chi connectivity index (χ0) is 14.1. The molecule has 0 amide bonds. The van der Waals surface area contributed by atoms with E-state index in [0.29, 0.717) is 10.3 Å². The van der Waals surface area contributed by atoms with Crippen LogP contribution in [-0.2, 0) is 0 Å². The molecule has 0 saturated heterocycles. The summed E-state index contributed by atoms with van der Waals surface area (Å²) in [6, 6.07) is 6.11. The molecule has 0 saturated carbocycles. The van der Waals surface area contributed by atoms with E-state index in [-0.39, 0.29) is 17.3 Å². The Hall–Kier alpha value is -2.48. The van der Waals surface area contributed by atoms with Crippen molar-refractivity contribution in [1.29, 1.82) is 0 Å². The molecular weight excluding hydrogens is 328 g/mol. The van der Waals surface area contributed by atoms with Gasteiger partial charge in [0.05, 0.1) is 4.92 Å². The number of ether oxygens (including phenoxy) is 1. The number of para-hydroxylation sites is 2. The van der Waals surface area contributed by atoms with E-state index in [0.717, 1.165) is 0 Å². The lowest BCUT2D eigenvalue weighted by Gasteiger charge is -2.06. The molecule has 0 radical (unpaired) electrons. The zero-order valence-corrected chi connectivity index (χ0v) is 11.5. The Morgan fingerprint density at radius 2 is 2.15 bits per heavy atom. The summed E-state index contributed by atoms with van der Waals surface area (Å²) in [6.07, 6.45) is 5.04. The number of nitrogens with zero attached hydrogens (tertiary/aromatic N) is 4. The van der Waals surface area contributed by atoms with Gasteiger partial charge in [-0.15, -0.1) is 0 Å². The van der Waals surface area contributed by atoms with Gasteiger partial charge >= 0.3 is 5.69 Å². The third kappa shape index (κ3) is 2.21. The first-order valence-corrected chi connectivity index (χ1v) is 6.35. The van der Waals surface area contributed by atoms with E-state index in [1.54, 1.807) is 35.1 Å². The Morgan fingerprint density at radius 3 is 2.95 bits per heavy atom. The number of hydrogen-bond acceptors (Lipinski definition) is 5. The summed E-state index contributed by atoms with van der Waals surface area (Å²) < 4.78 is 7.81. The molecule has 20 heavy (non-hydrogen) atoms. The monoisotopic (exact) mass is 334 g/mol. The predicted molar refractivity (Wildman–Crippen MR) is 73.9 cm³/mol. The highest BCUT2D eigenvalue weighted by molar-refractivity contribution is 9.10. The number of aromatic nitrogens is 3. The van der Waals surface area contributed by atoms with Gasteiger partial charge in [0.25, 0.3) is 5.88 Å². The Bertz CT molecular complexity index is 802. The van der Waals surface area contributed by atoms with Gasteiger partial charge in [-0.05, 0) is 22.0 Å². The number of imidazole rings is 1. The van der Waals surface area contributed by atoms with Crippen LogP contribution in [-0.4, -0.2) is 19.3 Å². The molecule has 0 aliphatic rings. The summed E-state index contributed by atoms with van der Waals surface area (Å²) >= 11 is 3.26. The molecule has 2 heterocycles. The first-order chi connectivity index (χ1) is 9.65. The molecule has 0 bridgehead atoms. The van der Waals surface area contributed by atoms with Crippen LogP contribution in [0.4, 0.5) is 5.69 Å². The van der Waals surface area contributed by atoms with Crippen molar-refractivity contribution in [3.05, 3.63) is 57.6 Å². The number of halogens is 1. The number of nitro groups is 1. The molecule has 3 rings (SSSR count). The lowest BCUT2D eigenvalue weighted by molar-refractivity contribution is -0.385. The van der Waals surface area contributed by atoms with Gasteiger partial charge in [0.15, 0.2) is 0 Å². The third-order valence-electron chi connectivity index (χ3n) is 2.58. The van der Waals surface area contributed by atoms with Crippen molar-refractivity contribution in [3.63, 3.8) is 0 Å². The minimum Gasteiger partial charge on any atom is -0.429 e. The van der Waals surface area contributed by atoms with Crippen LogP contribution < -0.4 is 4.74 Å². The standard InChI is InChI=1S/C12H7BrN4O3/c13-10-7-16-6-5-14-11(16)12(15-10)20-9-4-2-1-3-8(9)17(18)19/h1-7H. The van der Waals surface area contributed by atoms with E-state index >= 15 is 0 Å². The quantitative estimate of drug-likeness (QED) is 0.542. The van der Waals surface area contributed by atoms with Crippen LogP contribution in [0.3, 0.4) is 0 Å². The van der Waals surface area contributed by atoms with Gasteiger partial charge in [0.2, 0.25) is 11.4 Å². The van der Waals surface area contributed by atoms with Crippen molar-refractivity contribution >= 4 is 27.3 Å². The second kappa shape index (κ2) is 4.89. The lowest BCUT2D eigenvalue weighted by atomic mass is 10.3. The Kier molecular flexibility index (Phi) is 3.07. The van der Waals surface area contributed by atoms with E-state index in [1.807, 2.05) is 0 Å². The maximum atomic E-state index is 11.0. The third-order valence-corrected chi connectivity index (χ3v) is 2.96. The number of benzene rings is 1. The Morgan fingerprint density at radius 1 is 1.35 bits per heavy atom. The lowest BCUT2D eigenvalue weighted by Crippen LogP contribution is -1.97. The molecule has 7 nitrogen and oxygen atoms in total. The summed E-state index contributed by atoms with van der Waals surface area (Å²) in [7, 11) is 0. The number of fused-ring (bicyclic) bond motifs is 1. The first kappa shape index (κ1) is 12.5. The van der Waals surface area contributed by atoms with Gasteiger partial charge in [-0.3, -0.25) is 14.5 Å². The second-order valence-electron chi connectivity index (χ2n) is 3.85. The Balaban J connectivity index is 2.10.